The van der Waals surface area contributed by atoms with Gasteiger partial charge in [0.05, 0.1) is 23.0 Å². The van der Waals surface area contributed by atoms with Gasteiger partial charge in [0.15, 0.2) is 0 Å². The van der Waals surface area contributed by atoms with Crippen molar-refractivity contribution in [3.05, 3.63) is 64.4 Å². The summed E-state index contributed by atoms with van der Waals surface area (Å²) < 4.78 is 44.0. The van der Waals surface area contributed by atoms with Crippen molar-refractivity contribution in [3.8, 4) is 0 Å². The molecule has 1 saturated carbocycles. The van der Waals surface area contributed by atoms with Gasteiger partial charge < -0.3 is 0 Å². The fraction of sp³-hybridized carbons (Fsp3) is 0.440. The predicted octanol–water partition coefficient (Wildman–Crippen LogP) is 6.03. The monoisotopic (exact) mass is 521 g/mol. The van der Waals surface area contributed by atoms with E-state index in [1.807, 2.05) is 24.3 Å². The lowest BCUT2D eigenvalue weighted by Crippen LogP contribution is -2.51. The molecular formula is C25H27ClF3N5S. The van der Waals surface area contributed by atoms with Crippen LogP contribution >= 0.6 is 23.7 Å². The second-order valence-corrected chi connectivity index (χ2v) is 10.6. The van der Waals surface area contributed by atoms with E-state index in [1.54, 1.807) is 24.3 Å². The van der Waals surface area contributed by atoms with Crippen LogP contribution in [-0.4, -0.2) is 59.3 Å². The van der Waals surface area contributed by atoms with Gasteiger partial charge >= 0.3 is 0 Å². The molecule has 0 atom stereocenters. The van der Waals surface area contributed by atoms with Crippen molar-refractivity contribution in [2.45, 2.75) is 44.7 Å². The van der Waals surface area contributed by atoms with Crippen molar-refractivity contribution in [3.63, 3.8) is 0 Å². The molecule has 0 radical (unpaired) electrons. The highest BCUT2D eigenvalue weighted by atomic mass is 35.5. The lowest BCUT2D eigenvalue weighted by Gasteiger charge is -2.43. The number of halogens is 4. The number of nitrogens with zero attached hydrogens (tertiary/aromatic N) is 5. The maximum absolute atomic E-state index is 13.8. The fourth-order valence-electron chi connectivity index (χ4n) is 4.46. The number of piperazine rings is 1. The zero-order valence-corrected chi connectivity index (χ0v) is 20.8. The molecule has 1 aliphatic carbocycles. The van der Waals surface area contributed by atoms with Crippen LogP contribution in [0.4, 0.5) is 18.9 Å². The molecule has 3 aliphatic rings. The van der Waals surface area contributed by atoms with Crippen LogP contribution in [0.2, 0.25) is 5.02 Å². The van der Waals surface area contributed by atoms with Crippen molar-refractivity contribution in [1.29, 1.82) is 0 Å². The van der Waals surface area contributed by atoms with Crippen molar-refractivity contribution in [2.24, 2.45) is 10.2 Å². The molecule has 2 heterocycles. The summed E-state index contributed by atoms with van der Waals surface area (Å²) in [5.74, 6) is -0.443. The Balaban J connectivity index is 1.26. The number of hydrogen-bond donors (Lipinski definition) is 0. The van der Waals surface area contributed by atoms with Crippen LogP contribution in [-0.2, 0) is 6.54 Å². The molecule has 1 saturated heterocycles. The molecule has 186 valence electrons. The Kier molecular flexibility index (Phi) is 7.67. The van der Waals surface area contributed by atoms with E-state index in [9.17, 15) is 13.2 Å². The number of hydrogen-bond acceptors (Lipinski definition) is 6. The van der Waals surface area contributed by atoms with Crippen molar-refractivity contribution in [2.75, 3.05) is 30.5 Å². The minimum atomic E-state index is -2.58. The Bertz CT molecular complexity index is 1100. The van der Waals surface area contributed by atoms with Crippen molar-refractivity contribution >= 4 is 40.8 Å². The molecule has 0 spiro atoms. The van der Waals surface area contributed by atoms with Gasteiger partial charge in [0.2, 0.25) is 0 Å². The smallest absolute Gasteiger partial charge is 0.278 e. The fourth-order valence-corrected chi connectivity index (χ4v) is 5.66. The van der Waals surface area contributed by atoms with Gasteiger partial charge in [-0.3, -0.25) is 9.21 Å². The third kappa shape index (κ3) is 5.85. The highest BCUT2D eigenvalue weighted by Gasteiger charge is 2.29. The quantitative estimate of drug-likeness (QED) is 0.397. The van der Waals surface area contributed by atoms with Gasteiger partial charge in [0.1, 0.15) is 11.5 Å². The molecule has 0 aromatic heterocycles. The predicted molar refractivity (Wildman–Crippen MR) is 137 cm³/mol. The largest absolute Gasteiger partial charge is 0.299 e. The summed E-state index contributed by atoms with van der Waals surface area (Å²) in [7, 11) is 0. The molecule has 5 nitrogen and oxygen atoms in total. The standard InChI is InChI=1S/C25H27ClF3N5S/c26-21-14-20(8-9-22(21)27)34(35-33-12-10-32(11-13-33)19-2-1-3-19)16-17-4-6-18(7-5-17)23-15-24(25(28)29)31-30-23/h4-9,14,19,25H,1-3,10-13,15-16H2. The van der Waals surface area contributed by atoms with E-state index in [2.05, 4.69) is 23.7 Å². The summed E-state index contributed by atoms with van der Waals surface area (Å²) in [6, 6.07) is 13.2. The van der Waals surface area contributed by atoms with Crippen LogP contribution in [0.5, 0.6) is 0 Å². The highest BCUT2D eigenvalue weighted by Crippen LogP contribution is 2.33. The van der Waals surface area contributed by atoms with Crippen molar-refractivity contribution in [1.82, 2.24) is 9.21 Å². The molecule has 0 amide bonds. The van der Waals surface area contributed by atoms with Crippen LogP contribution < -0.4 is 4.31 Å². The van der Waals surface area contributed by atoms with Crippen LogP contribution in [0, 0.1) is 5.82 Å². The van der Waals surface area contributed by atoms with Gasteiger partial charge in [0, 0.05) is 50.8 Å². The van der Waals surface area contributed by atoms with E-state index in [0.29, 0.717) is 12.3 Å². The topological polar surface area (TPSA) is 34.4 Å². The van der Waals surface area contributed by atoms with E-state index in [-0.39, 0.29) is 17.2 Å². The van der Waals surface area contributed by atoms with Gasteiger partial charge in [-0.1, -0.05) is 42.3 Å². The number of alkyl halides is 2. The third-order valence-corrected chi connectivity index (χ3v) is 8.21. The lowest BCUT2D eigenvalue weighted by molar-refractivity contribution is 0.0919. The Morgan fingerprint density at radius 3 is 2.37 bits per heavy atom. The van der Waals surface area contributed by atoms with Gasteiger partial charge in [-0.2, -0.15) is 10.2 Å². The second kappa shape index (κ2) is 10.9. The zero-order valence-electron chi connectivity index (χ0n) is 19.2. The van der Waals surface area contributed by atoms with Crippen LogP contribution in [0.1, 0.15) is 36.8 Å². The minimum absolute atomic E-state index is 0.0693. The number of anilines is 1. The highest BCUT2D eigenvalue weighted by molar-refractivity contribution is 7.98. The first-order valence-corrected chi connectivity index (χ1v) is 13.0. The second-order valence-electron chi connectivity index (χ2n) is 9.08. The Hall–Kier alpha value is -2.07. The van der Waals surface area contributed by atoms with E-state index >= 15 is 0 Å². The van der Waals surface area contributed by atoms with Gasteiger partial charge in [-0.15, -0.1) is 0 Å². The van der Waals surface area contributed by atoms with E-state index < -0.39 is 12.2 Å². The summed E-state index contributed by atoms with van der Waals surface area (Å²) in [6.45, 7) is 4.58. The number of rotatable bonds is 8. The SMILES string of the molecule is Fc1ccc(N(Cc2ccc(C3=NN=C(C(F)F)C3)cc2)SN2CCN(C3CCC3)CC2)cc1Cl. The average molecular weight is 522 g/mol. The molecule has 0 N–H and O–H groups in total. The molecule has 2 aliphatic heterocycles. The zero-order chi connectivity index (χ0) is 24.4. The van der Waals surface area contributed by atoms with Crippen LogP contribution in [0.25, 0.3) is 0 Å². The molecule has 5 rings (SSSR count). The Morgan fingerprint density at radius 1 is 1.03 bits per heavy atom. The lowest BCUT2D eigenvalue weighted by atomic mass is 9.91. The van der Waals surface area contributed by atoms with E-state index in [1.165, 1.54) is 25.3 Å². The summed E-state index contributed by atoms with van der Waals surface area (Å²) >= 11 is 7.73. The maximum Gasteiger partial charge on any atom is 0.278 e. The van der Waals surface area contributed by atoms with E-state index in [0.717, 1.165) is 49.0 Å². The maximum atomic E-state index is 13.8. The molecule has 0 unspecified atom stereocenters. The average Bonchev–Trinajstić information content (AvgIpc) is 3.32. The van der Waals surface area contributed by atoms with E-state index in [4.69, 9.17) is 11.6 Å². The minimum Gasteiger partial charge on any atom is -0.299 e. The third-order valence-electron chi connectivity index (χ3n) is 6.78. The van der Waals surface area contributed by atoms with Crippen LogP contribution in [0.15, 0.2) is 52.7 Å². The molecule has 2 aromatic carbocycles. The van der Waals surface area contributed by atoms with Gasteiger partial charge in [-0.05, 0) is 42.2 Å². The summed E-state index contributed by atoms with van der Waals surface area (Å²) in [4.78, 5) is 2.59. The van der Waals surface area contributed by atoms with Gasteiger partial charge in [0.25, 0.3) is 6.43 Å². The summed E-state index contributed by atoms with van der Waals surface area (Å²) in [5.41, 5.74) is 2.99. The number of benzene rings is 2. The summed E-state index contributed by atoms with van der Waals surface area (Å²) in [6.07, 6.45) is 1.45. The molecule has 10 heteroatoms. The first-order chi connectivity index (χ1) is 17.0. The summed E-state index contributed by atoms with van der Waals surface area (Å²) in [5, 5.41) is 7.61. The normalized spacial score (nSPS) is 19.6. The Labute approximate surface area is 212 Å². The van der Waals surface area contributed by atoms with Gasteiger partial charge in [-0.25, -0.2) is 17.5 Å². The molecular weight excluding hydrogens is 495 g/mol. The molecule has 35 heavy (non-hydrogen) atoms. The Morgan fingerprint density at radius 2 is 1.77 bits per heavy atom. The van der Waals surface area contributed by atoms with Crippen molar-refractivity contribution < 1.29 is 13.2 Å². The first kappa shape index (κ1) is 24.6. The molecule has 0 bridgehead atoms. The molecule has 2 fully saturated rings. The molecule has 2 aromatic rings. The van der Waals surface area contributed by atoms with Crippen LogP contribution in [0.3, 0.4) is 0 Å². The first-order valence-electron chi connectivity index (χ1n) is 11.9.